The number of carbonyl (C=O) groups excluding carboxylic acids is 1. The minimum absolute atomic E-state index is 0.0200. The molecule has 5 nitrogen and oxygen atoms in total. The molecule has 10 heteroatoms. The second-order valence-corrected chi connectivity index (χ2v) is 8.78. The summed E-state index contributed by atoms with van der Waals surface area (Å²) in [4.78, 5) is 13.1. The molecule has 2 saturated heterocycles. The summed E-state index contributed by atoms with van der Waals surface area (Å²) in [5.41, 5.74) is -1.06. The van der Waals surface area contributed by atoms with Gasteiger partial charge in [-0.2, -0.15) is 17.5 Å². The summed E-state index contributed by atoms with van der Waals surface area (Å²) in [5, 5.41) is -0.241. The van der Waals surface area contributed by atoms with Gasteiger partial charge in [-0.05, 0) is 37.5 Å². The van der Waals surface area contributed by atoms with Gasteiger partial charge in [0.15, 0.2) is 0 Å². The highest BCUT2D eigenvalue weighted by molar-refractivity contribution is 7.89. The third-order valence-corrected chi connectivity index (χ3v) is 7.23. The van der Waals surface area contributed by atoms with Gasteiger partial charge in [0, 0.05) is 32.1 Å². The van der Waals surface area contributed by atoms with Crippen molar-refractivity contribution in [3.63, 3.8) is 0 Å². The summed E-state index contributed by atoms with van der Waals surface area (Å²) >= 11 is 5.88. The van der Waals surface area contributed by atoms with E-state index in [4.69, 9.17) is 11.6 Å². The molecule has 2 fully saturated rings. The molecule has 0 radical (unpaired) electrons. The molecule has 0 aliphatic carbocycles. The molecule has 0 N–H and O–H groups in total. The van der Waals surface area contributed by atoms with Crippen molar-refractivity contribution in [2.45, 2.75) is 42.8 Å². The molecule has 0 aromatic heterocycles. The third-order valence-electron chi connectivity index (χ3n) is 4.85. The summed E-state index contributed by atoms with van der Waals surface area (Å²) in [7, 11) is -4.14. The fourth-order valence-corrected chi connectivity index (χ4v) is 5.44. The van der Waals surface area contributed by atoms with Crippen molar-refractivity contribution < 1.29 is 26.4 Å². The average Bonchev–Trinajstić information content (AvgIpc) is 3.00. The largest absolute Gasteiger partial charge is 0.416 e. The predicted octanol–water partition coefficient (Wildman–Crippen LogP) is 3.13. The molecule has 0 spiro atoms. The lowest BCUT2D eigenvalue weighted by Gasteiger charge is -2.36. The maximum Gasteiger partial charge on any atom is 0.416 e. The lowest BCUT2D eigenvalue weighted by molar-refractivity contribution is -0.137. The van der Waals surface area contributed by atoms with Crippen molar-refractivity contribution >= 4 is 27.5 Å². The van der Waals surface area contributed by atoms with E-state index in [9.17, 15) is 26.4 Å². The molecule has 144 valence electrons. The lowest BCUT2D eigenvalue weighted by Crippen LogP contribution is -2.47. The number of amides is 1. The fraction of sp³-hybridized carbons (Fsp3) is 0.562. The summed E-state index contributed by atoms with van der Waals surface area (Å²) in [6.07, 6.45) is -2.42. The number of alkyl halides is 3. The van der Waals surface area contributed by atoms with Crippen LogP contribution in [0.4, 0.5) is 13.2 Å². The van der Waals surface area contributed by atoms with Crippen LogP contribution in [0.1, 0.15) is 31.2 Å². The molecule has 0 unspecified atom stereocenters. The smallest absolute Gasteiger partial charge is 0.340 e. The number of benzene rings is 1. The van der Waals surface area contributed by atoms with Crippen molar-refractivity contribution in [2.75, 3.05) is 19.6 Å². The van der Waals surface area contributed by atoms with E-state index in [1.54, 1.807) is 4.90 Å². The first-order valence-corrected chi connectivity index (χ1v) is 10.1. The van der Waals surface area contributed by atoms with E-state index in [1.807, 2.05) is 0 Å². The SMILES string of the molecule is O=C1CCCN1C1CCN(S(=O)(=O)c2cc(C(F)(F)F)ccc2Cl)CC1. The summed E-state index contributed by atoms with van der Waals surface area (Å²) in [6.45, 7) is 0.961. The zero-order chi connectivity index (χ0) is 19.1. The quantitative estimate of drug-likeness (QED) is 0.769. The molecular weight excluding hydrogens is 393 g/mol. The Morgan fingerprint density at radius 1 is 1.12 bits per heavy atom. The van der Waals surface area contributed by atoms with Crippen molar-refractivity contribution in [1.82, 2.24) is 9.21 Å². The number of carbonyl (C=O) groups is 1. The zero-order valence-electron chi connectivity index (χ0n) is 13.8. The Morgan fingerprint density at radius 2 is 1.77 bits per heavy atom. The van der Waals surface area contributed by atoms with Crippen molar-refractivity contribution in [1.29, 1.82) is 0 Å². The minimum Gasteiger partial charge on any atom is -0.340 e. The Morgan fingerprint density at radius 3 is 2.31 bits per heavy atom. The molecule has 0 saturated carbocycles. The molecule has 1 aromatic carbocycles. The number of hydrogen-bond acceptors (Lipinski definition) is 3. The standard InChI is InChI=1S/C16H18ClF3N2O3S/c17-13-4-3-11(16(18,19)20)10-14(13)26(24,25)21-8-5-12(6-9-21)22-7-1-2-15(22)23/h3-4,10,12H,1-2,5-9H2. The van der Waals surface area contributed by atoms with Crippen LogP contribution < -0.4 is 0 Å². The number of sulfonamides is 1. The Labute approximate surface area is 154 Å². The Bertz CT molecular complexity index is 805. The first-order valence-electron chi connectivity index (χ1n) is 8.27. The molecule has 0 atom stereocenters. The van der Waals surface area contributed by atoms with Gasteiger partial charge in [-0.3, -0.25) is 4.79 Å². The van der Waals surface area contributed by atoms with Gasteiger partial charge in [-0.25, -0.2) is 8.42 Å². The van der Waals surface area contributed by atoms with Crippen molar-refractivity contribution in [3.05, 3.63) is 28.8 Å². The average molecular weight is 411 g/mol. The summed E-state index contributed by atoms with van der Waals surface area (Å²) in [6, 6.07) is 2.26. The molecule has 3 rings (SSSR count). The van der Waals surface area contributed by atoms with E-state index < -0.39 is 26.7 Å². The number of hydrogen-bond donors (Lipinski definition) is 0. The van der Waals surface area contributed by atoms with Crippen LogP contribution in [-0.2, 0) is 21.0 Å². The number of halogens is 4. The third kappa shape index (κ3) is 3.70. The highest BCUT2D eigenvalue weighted by Gasteiger charge is 2.37. The van der Waals surface area contributed by atoms with E-state index in [0.717, 1.165) is 22.9 Å². The van der Waals surface area contributed by atoms with Crippen molar-refractivity contribution in [2.24, 2.45) is 0 Å². The van der Waals surface area contributed by atoms with Gasteiger partial charge in [0.05, 0.1) is 10.6 Å². The Hall–Kier alpha value is -1.32. The van der Waals surface area contributed by atoms with Crippen LogP contribution >= 0.6 is 11.6 Å². The lowest BCUT2D eigenvalue weighted by atomic mass is 10.1. The fourth-order valence-electron chi connectivity index (χ4n) is 3.47. The van der Waals surface area contributed by atoms with E-state index in [2.05, 4.69) is 0 Å². The van der Waals surface area contributed by atoms with Crippen LogP contribution in [0.2, 0.25) is 5.02 Å². The first-order chi connectivity index (χ1) is 12.1. The van der Waals surface area contributed by atoms with Gasteiger partial charge < -0.3 is 4.90 Å². The van der Waals surface area contributed by atoms with Crippen LogP contribution in [0, 0.1) is 0 Å². The van der Waals surface area contributed by atoms with Gasteiger partial charge in [0.2, 0.25) is 15.9 Å². The molecule has 1 amide bonds. The van der Waals surface area contributed by atoms with Crippen molar-refractivity contribution in [3.8, 4) is 0 Å². The van der Waals surface area contributed by atoms with Crippen LogP contribution in [0.5, 0.6) is 0 Å². The van der Waals surface area contributed by atoms with Gasteiger partial charge >= 0.3 is 6.18 Å². The highest BCUT2D eigenvalue weighted by Crippen LogP contribution is 2.35. The van der Waals surface area contributed by atoms with E-state index in [1.165, 1.54) is 0 Å². The molecule has 2 aliphatic rings. The first kappa shape index (κ1) is 19.4. The topological polar surface area (TPSA) is 57.7 Å². The highest BCUT2D eigenvalue weighted by atomic mass is 35.5. The number of rotatable bonds is 3. The minimum atomic E-state index is -4.65. The summed E-state index contributed by atoms with van der Waals surface area (Å²) in [5.74, 6) is 0.0761. The Kier molecular flexibility index (Phi) is 5.24. The molecule has 26 heavy (non-hydrogen) atoms. The number of nitrogens with zero attached hydrogens (tertiary/aromatic N) is 2. The summed E-state index contributed by atoms with van der Waals surface area (Å²) < 4.78 is 65.4. The number of piperidine rings is 1. The molecule has 1 aromatic rings. The normalized spacial score (nSPS) is 20.8. The van der Waals surface area contributed by atoms with Gasteiger partial charge in [0.1, 0.15) is 4.90 Å². The van der Waals surface area contributed by atoms with Crippen LogP contribution in [-0.4, -0.2) is 49.2 Å². The maximum atomic E-state index is 12.9. The molecular formula is C16H18ClF3N2O3S. The van der Waals surface area contributed by atoms with Crippen LogP contribution in [0.3, 0.4) is 0 Å². The van der Waals surface area contributed by atoms with E-state index >= 15 is 0 Å². The molecule has 2 heterocycles. The second-order valence-electron chi connectivity index (χ2n) is 6.47. The van der Waals surface area contributed by atoms with E-state index in [-0.39, 0.29) is 30.1 Å². The monoisotopic (exact) mass is 410 g/mol. The predicted molar refractivity (Wildman–Crippen MR) is 89.2 cm³/mol. The maximum absolute atomic E-state index is 12.9. The molecule has 2 aliphatic heterocycles. The zero-order valence-corrected chi connectivity index (χ0v) is 15.4. The van der Waals surface area contributed by atoms with Crippen LogP contribution in [0.15, 0.2) is 23.1 Å². The van der Waals surface area contributed by atoms with E-state index in [0.29, 0.717) is 31.9 Å². The van der Waals surface area contributed by atoms with Gasteiger partial charge in [-0.15, -0.1) is 0 Å². The van der Waals surface area contributed by atoms with Gasteiger partial charge in [-0.1, -0.05) is 11.6 Å². The molecule has 0 bridgehead atoms. The Balaban J connectivity index is 1.78. The van der Waals surface area contributed by atoms with Crippen LogP contribution in [0.25, 0.3) is 0 Å². The van der Waals surface area contributed by atoms with Gasteiger partial charge in [0.25, 0.3) is 0 Å². The second kappa shape index (κ2) is 7.01. The number of likely N-dealkylation sites (tertiary alicyclic amines) is 1.